The summed E-state index contributed by atoms with van der Waals surface area (Å²) in [6.45, 7) is 1.67. The van der Waals surface area contributed by atoms with E-state index in [0.717, 1.165) is 30.6 Å². The van der Waals surface area contributed by atoms with Crippen molar-refractivity contribution in [3.8, 4) is 0 Å². The Kier molecular flexibility index (Phi) is 3.41. The van der Waals surface area contributed by atoms with E-state index in [-0.39, 0.29) is 6.10 Å². The fraction of sp³-hybridized carbons (Fsp3) is 0.462. The number of H-pyrrole nitrogens is 1. The zero-order valence-corrected chi connectivity index (χ0v) is 11.6. The lowest BCUT2D eigenvalue weighted by Gasteiger charge is -2.23. The number of ether oxygens (including phenoxy) is 1. The van der Waals surface area contributed by atoms with Gasteiger partial charge in [-0.2, -0.15) is 0 Å². The van der Waals surface area contributed by atoms with Crippen molar-refractivity contribution in [2.24, 2.45) is 0 Å². The normalized spacial score (nSPS) is 20.4. The number of aromatic nitrogens is 2. The lowest BCUT2D eigenvalue weighted by molar-refractivity contribution is 0.00641. The Morgan fingerprint density at radius 1 is 1.44 bits per heavy atom. The highest BCUT2D eigenvalue weighted by Crippen LogP contribution is 2.24. The molecule has 1 N–H and O–H groups in total. The van der Waals surface area contributed by atoms with E-state index < -0.39 is 0 Å². The molecule has 1 aliphatic rings. The molecule has 96 valence electrons. The van der Waals surface area contributed by atoms with E-state index in [1.165, 1.54) is 12.8 Å². The fourth-order valence-electron chi connectivity index (χ4n) is 2.48. The van der Waals surface area contributed by atoms with E-state index in [1.54, 1.807) is 0 Å². The van der Waals surface area contributed by atoms with Gasteiger partial charge in [0.25, 0.3) is 0 Å². The van der Waals surface area contributed by atoms with Crippen LogP contribution in [0.15, 0.2) is 18.2 Å². The Morgan fingerprint density at radius 3 is 3.11 bits per heavy atom. The maximum atomic E-state index is 6.16. The van der Waals surface area contributed by atoms with Crippen LogP contribution < -0.4 is 0 Å². The van der Waals surface area contributed by atoms with E-state index in [4.69, 9.17) is 28.6 Å². The molecule has 0 saturated carbocycles. The first kappa shape index (κ1) is 12.2. The molecule has 1 aromatic carbocycles. The molecule has 1 aromatic heterocycles. The van der Waals surface area contributed by atoms with E-state index in [9.17, 15) is 0 Å². The van der Waals surface area contributed by atoms with Gasteiger partial charge in [-0.1, -0.05) is 17.7 Å². The Morgan fingerprint density at radius 2 is 2.33 bits per heavy atom. The minimum absolute atomic E-state index is 0.267. The number of rotatable bonds is 2. The molecule has 0 aliphatic carbocycles. The summed E-state index contributed by atoms with van der Waals surface area (Å²) in [6.07, 6.45) is 3.78. The quantitative estimate of drug-likeness (QED) is 0.846. The highest BCUT2D eigenvalue weighted by Gasteiger charge is 2.16. The van der Waals surface area contributed by atoms with E-state index in [1.807, 2.05) is 18.2 Å². The number of nitrogens with zero attached hydrogens (tertiary/aromatic N) is 1. The van der Waals surface area contributed by atoms with Gasteiger partial charge < -0.3 is 14.3 Å². The molecule has 1 fully saturated rings. The minimum atomic E-state index is 0.267. The third-order valence-electron chi connectivity index (χ3n) is 3.42. The van der Waals surface area contributed by atoms with Crippen molar-refractivity contribution in [3.63, 3.8) is 0 Å². The van der Waals surface area contributed by atoms with Gasteiger partial charge in [0.2, 0.25) is 0 Å². The van der Waals surface area contributed by atoms with Crippen molar-refractivity contribution in [1.29, 1.82) is 0 Å². The molecule has 5 heteroatoms. The van der Waals surface area contributed by atoms with E-state index in [2.05, 4.69) is 9.55 Å². The zero-order valence-electron chi connectivity index (χ0n) is 9.99. The zero-order chi connectivity index (χ0) is 12.5. The molecule has 1 atom stereocenters. The third-order valence-corrected chi connectivity index (χ3v) is 4.06. The predicted octanol–water partition coefficient (Wildman–Crippen LogP) is 3.92. The number of fused-ring (bicyclic) bond motifs is 1. The number of aromatic amines is 1. The topological polar surface area (TPSA) is 29.9 Å². The van der Waals surface area contributed by atoms with Gasteiger partial charge in [-0.15, -0.1) is 0 Å². The van der Waals surface area contributed by atoms with Crippen LogP contribution in [-0.4, -0.2) is 22.3 Å². The first-order valence-electron chi connectivity index (χ1n) is 6.24. The summed E-state index contributed by atoms with van der Waals surface area (Å²) in [5.74, 6) is 0. The second kappa shape index (κ2) is 5.03. The van der Waals surface area contributed by atoms with Crippen LogP contribution in [0.25, 0.3) is 11.0 Å². The second-order valence-electron chi connectivity index (χ2n) is 4.66. The molecule has 0 amide bonds. The molecule has 3 rings (SSSR count). The van der Waals surface area contributed by atoms with Gasteiger partial charge in [-0.3, -0.25) is 0 Å². The van der Waals surface area contributed by atoms with Crippen LogP contribution in [0.2, 0.25) is 5.02 Å². The van der Waals surface area contributed by atoms with Crippen LogP contribution in [0, 0.1) is 4.77 Å². The first-order valence-corrected chi connectivity index (χ1v) is 7.03. The maximum absolute atomic E-state index is 6.16. The highest BCUT2D eigenvalue weighted by atomic mass is 35.5. The Labute approximate surface area is 116 Å². The van der Waals surface area contributed by atoms with Gasteiger partial charge >= 0.3 is 0 Å². The largest absolute Gasteiger partial charge is 0.376 e. The van der Waals surface area contributed by atoms with Gasteiger partial charge in [0.15, 0.2) is 4.77 Å². The minimum Gasteiger partial charge on any atom is -0.376 e. The Balaban J connectivity index is 1.98. The summed E-state index contributed by atoms with van der Waals surface area (Å²) in [4.78, 5) is 3.18. The average molecular weight is 283 g/mol. The van der Waals surface area contributed by atoms with Crippen LogP contribution >= 0.6 is 23.8 Å². The number of para-hydroxylation sites is 1. The molecule has 1 saturated heterocycles. The van der Waals surface area contributed by atoms with Crippen molar-refractivity contribution in [1.82, 2.24) is 9.55 Å². The molecule has 0 radical (unpaired) electrons. The van der Waals surface area contributed by atoms with Gasteiger partial charge in [-0.05, 0) is 43.6 Å². The molecular weight excluding hydrogens is 268 g/mol. The van der Waals surface area contributed by atoms with E-state index >= 15 is 0 Å². The number of imidazole rings is 1. The van der Waals surface area contributed by atoms with Crippen LogP contribution in [0.1, 0.15) is 19.3 Å². The molecule has 1 aliphatic heterocycles. The molecule has 2 aromatic rings. The number of nitrogens with one attached hydrogen (secondary N) is 1. The molecule has 0 spiro atoms. The van der Waals surface area contributed by atoms with Gasteiger partial charge in [0.1, 0.15) is 0 Å². The number of benzene rings is 1. The van der Waals surface area contributed by atoms with Crippen molar-refractivity contribution >= 4 is 34.9 Å². The lowest BCUT2D eigenvalue weighted by Crippen LogP contribution is -2.24. The molecular formula is C13H15ClN2OS. The average Bonchev–Trinajstić information content (AvgIpc) is 2.70. The summed E-state index contributed by atoms with van der Waals surface area (Å²) in [5.41, 5.74) is 1.97. The van der Waals surface area contributed by atoms with Gasteiger partial charge in [0, 0.05) is 6.61 Å². The van der Waals surface area contributed by atoms with Crippen LogP contribution in [0.3, 0.4) is 0 Å². The highest BCUT2D eigenvalue weighted by molar-refractivity contribution is 7.71. The SMILES string of the molecule is S=c1[nH]c2c(Cl)cccc2n1CC1CCCCO1. The summed E-state index contributed by atoms with van der Waals surface area (Å²) < 4.78 is 8.58. The number of halogens is 1. The summed E-state index contributed by atoms with van der Waals surface area (Å²) in [5, 5.41) is 0.710. The smallest absolute Gasteiger partial charge is 0.178 e. The van der Waals surface area contributed by atoms with Crippen molar-refractivity contribution in [2.45, 2.75) is 31.9 Å². The monoisotopic (exact) mass is 282 g/mol. The molecule has 3 nitrogen and oxygen atoms in total. The van der Waals surface area contributed by atoms with Crippen molar-refractivity contribution < 1.29 is 4.74 Å². The van der Waals surface area contributed by atoms with E-state index in [0.29, 0.717) is 9.79 Å². The summed E-state index contributed by atoms with van der Waals surface area (Å²) in [6, 6.07) is 5.86. The standard InChI is InChI=1S/C13H15ClN2OS/c14-10-5-3-6-11-12(10)15-13(18)16(11)8-9-4-1-2-7-17-9/h3,5-6,9H,1-2,4,7-8H2,(H,15,18). The van der Waals surface area contributed by atoms with Crippen LogP contribution in [-0.2, 0) is 11.3 Å². The molecule has 2 heterocycles. The Hall–Kier alpha value is -0.840. The van der Waals surface area contributed by atoms with Crippen LogP contribution in [0.5, 0.6) is 0 Å². The second-order valence-corrected chi connectivity index (χ2v) is 5.46. The maximum Gasteiger partial charge on any atom is 0.178 e. The number of hydrogen-bond acceptors (Lipinski definition) is 2. The lowest BCUT2D eigenvalue weighted by atomic mass is 10.1. The molecule has 1 unspecified atom stereocenters. The summed E-state index contributed by atoms with van der Waals surface area (Å²) in [7, 11) is 0. The number of hydrogen-bond donors (Lipinski definition) is 1. The van der Waals surface area contributed by atoms with Crippen molar-refractivity contribution in [2.75, 3.05) is 6.61 Å². The van der Waals surface area contributed by atoms with Gasteiger partial charge in [-0.25, -0.2) is 0 Å². The first-order chi connectivity index (χ1) is 8.75. The third kappa shape index (κ3) is 2.20. The van der Waals surface area contributed by atoms with Crippen LogP contribution in [0.4, 0.5) is 0 Å². The summed E-state index contributed by atoms with van der Waals surface area (Å²) >= 11 is 11.5. The fourth-order valence-corrected chi connectivity index (χ4v) is 2.97. The predicted molar refractivity (Wildman–Crippen MR) is 75.7 cm³/mol. The molecule has 0 bridgehead atoms. The van der Waals surface area contributed by atoms with Crippen molar-refractivity contribution in [3.05, 3.63) is 28.0 Å². The molecule has 18 heavy (non-hydrogen) atoms. The Bertz CT molecular complexity index is 613. The van der Waals surface area contributed by atoms with Gasteiger partial charge in [0.05, 0.1) is 28.7 Å².